The van der Waals surface area contributed by atoms with E-state index in [0.717, 1.165) is 22.9 Å². The molecule has 0 aliphatic carbocycles. The van der Waals surface area contributed by atoms with Gasteiger partial charge >= 0.3 is 0 Å². The van der Waals surface area contributed by atoms with Crippen LogP contribution in [0.3, 0.4) is 0 Å². The van der Waals surface area contributed by atoms with Crippen LogP contribution in [0, 0.1) is 6.92 Å². The highest BCUT2D eigenvalue weighted by Gasteiger charge is 2.10. The predicted molar refractivity (Wildman–Crippen MR) is 68.7 cm³/mol. The van der Waals surface area contributed by atoms with Gasteiger partial charge in [-0.25, -0.2) is 9.97 Å². The van der Waals surface area contributed by atoms with Gasteiger partial charge in [-0.05, 0) is 18.6 Å². The van der Waals surface area contributed by atoms with Crippen LogP contribution in [0.4, 0.5) is 11.5 Å². The molecule has 2 aromatic rings. The summed E-state index contributed by atoms with van der Waals surface area (Å²) in [4.78, 5) is 10.6. The van der Waals surface area contributed by atoms with Crippen LogP contribution in [0.5, 0.6) is 0 Å². The number of aromatic nitrogens is 3. The number of rotatable bonds is 3. The predicted octanol–water partition coefficient (Wildman–Crippen LogP) is 1.34. The molecule has 90 valence electrons. The lowest BCUT2D eigenvalue weighted by Gasteiger charge is -2.20. The molecule has 0 atom stereocenters. The fourth-order valence-electron chi connectivity index (χ4n) is 1.70. The zero-order valence-corrected chi connectivity index (χ0v) is 10.4. The summed E-state index contributed by atoms with van der Waals surface area (Å²) in [6.45, 7) is 2.67. The van der Waals surface area contributed by atoms with E-state index in [-0.39, 0.29) is 0 Å². The number of anilines is 2. The number of nitrogens with zero attached hydrogens (tertiary/aromatic N) is 4. The second kappa shape index (κ2) is 4.45. The second-order valence-electron chi connectivity index (χ2n) is 4.18. The summed E-state index contributed by atoms with van der Waals surface area (Å²) >= 11 is 0. The third kappa shape index (κ3) is 2.22. The van der Waals surface area contributed by atoms with Crippen molar-refractivity contribution in [2.75, 3.05) is 17.7 Å². The minimum atomic E-state index is 0.685. The van der Waals surface area contributed by atoms with E-state index in [0.29, 0.717) is 6.54 Å². The van der Waals surface area contributed by atoms with Gasteiger partial charge in [0.1, 0.15) is 5.82 Å². The summed E-state index contributed by atoms with van der Waals surface area (Å²) in [6.07, 6.45) is 5.49. The SMILES string of the molecule is Cc1ccnc(N(C)Cc2nccn2C)c1N. The molecule has 0 aliphatic heterocycles. The van der Waals surface area contributed by atoms with Crippen LogP contribution in [0.1, 0.15) is 11.4 Å². The largest absolute Gasteiger partial charge is 0.396 e. The molecule has 0 amide bonds. The molecule has 0 spiro atoms. The molecule has 2 heterocycles. The molecule has 5 nitrogen and oxygen atoms in total. The van der Waals surface area contributed by atoms with E-state index in [4.69, 9.17) is 5.73 Å². The Labute approximate surface area is 101 Å². The first-order valence-corrected chi connectivity index (χ1v) is 5.48. The number of hydrogen-bond acceptors (Lipinski definition) is 4. The maximum Gasteiger partial charge on any atom is 0.152 e. The lowest BCUT2D eigenvalue weighted by atomic mass is 10.2. The highest BCUT2D eigenvalue weighted by atomic mass is 15.2. The molecule has 0 fully saturated rings. The summed E-state index contributed by atoms with van der Waals surface area (Å²) in [5.74, 6) is 1.78. The Kier molecular flexibility index (Phi) is 2.99. The Morgan fingerprint density at radius 3 is 2.76 bits per heavy atom. The summed E-state index contributed by atoms with van der Waals surface area (Å²) in [6, 6.07) is 1.91. The van der Waals surface area contributed by atoms with Crippen molar-refractivity contribution in [1.82, 2.24) is 14.5 Å². The molecule has 0 saturated heterocycles. The number of nitrogen functional groups attached to an aromatic ring is 1. The van der Waals surface area contributed by atoms with Gasteiger partial charge in [0.15, 0.2) is 5.82 Å². The summed E-state index contributed by atoms with van der Waals surface area (Å²) in [5, 5.41) is 0. The van der Waals surface area contributed by atoms with Gasteiger partial charge in [0.05, 0.1) is 12.2 Å². The molecular weight excluding hydrogens is 214 g/mol. The standard InChI is InChI=1S/C12H17N5/c1-9-4-5-15-12(11(9)13)17(3)8-10-14-6-7-16(10)2/h4-7H,8,13H2,1-3H3. The monoisotopic (exact) mass is 231 g/mol. The van der Waals surface area contributed by atoms with Gasteiger partial charge in [-0.2, -0.15) is 0 Å². The van der Waals surface area contributed by atoms with Crippen LogP contribution in [0.15, 0.2) is 24.7 Å². The zero-order valence-electron chi connectivity index (χ0n) is 10.4. The van der Waals surface area contributed by atoms with E-state index in [1.807, 2.05) is 42.7 Å². The number of imidazole rings is 1. The van der Waals surface area contributed by atoms with Crippen molar-refractivity contribution in [3.8, 4) is 0 Å². The number of pyridine rings is 1. The summed E-state index contributed by atoms with van der Waals surface area (Å²) in [5.41, 5.74) is 7.79. The lowest BCUT2D eigenvalue weighted by Crippen LogP contribution is -2.21. The Morgan fingerprint density at radius 2 is 2.12 bits per heavy atom. The molecule has 0 unspecified atom stereocenters. The van der Waals surface area contributed by atoms with Gasteiger partial charge in [0.25, 0.3) is 0 Å². The molecule has 0 radical (unpaired) electrons. The summed E-state index contributed by atoms with van der Waals surface area (Å²) < 4.78 is 1.99. The molecular formula is C12H17N5. The van der Waals surface area contributed by atoms with Crippen LogP contribution in [-0.2, 0) is 13.6 Å². The second-order valence-corrected chi connectivity index (χ2v) is 4.18. The normalized spacial score (nSPS) is 10.5. The molecule has 0 bridgehead atoms. The first-order chi connectivity index (χ1) is 8.09. The lowest BCUT2D eigenvalue weighted by molar-refractivity contribution is 0.756. The first-order valence-electron chi connectivity index (χ1n) is 5.48. The van der Waals surface area contributed by atoms with Crippen molar-refractivity contribution in [2.45, 2.75) is 13.5 Å². The minimum absolute atomic E-state index is 0.685. The quantitative estimate of drug-likeness (QED) is 0.866. The molecule has 5 heteroatoms. The molecule has 2 N–H and O–H groups in total. The maximum atomic E-state index is 6.02. The van der Waals surface area contributed by atoms with Crippen LogP contribution in [0.25, 0.3) is 0 Å². The summed E-state index contributed by atoms with van der Waals surface area (Å²) in [7, 11) is 3.94. The Balaban J connectivity index is 2.23. The molecule has 0 aromatic carbocycles. The average Bonchev–Trinajstić information content (AvgIpc) is 2.68. The molecule has 0 saturated carbocycles. The first kappa shape index (κ1) is 11.4. The molecule has 2 aromatic heterocycles. The topological polar surface area (TPSA) is 60.0 Å². The van der Waals surface area contributed by atoms with Crippen LogP contribution in [-0.4, -0.2) is 21.6 Å². The van der Waals surface area contributed by atoms with E-state index in [2.05, 4.69) is 9.97 Å². The Morgan fingerprint density at radius 1 is 1.35 bits per heavy atom. The van der Waals surface area contributed by atoms with Gasteiger partial charge in [-0.1, -0.05) is 0 Å². The van der Waals surface area contributed by atoms with Crippen molar-refractivity contribution >= 4 is 11.5 Å². The van der Waals surface area contributed by atoms with Gasteiger partial charge < -0.3 is 15.2 Å². The van der Waals surface area contributed by atoms with Crippen molar-refractivity contribution in [1.29, 1.82) is 0 Å². The van der Waals surface area contributed by atoms with Crippen molar-refractivity contribution in [3.05, 3.63) is 36.0 Å². The van der Waals surface area contributed by atoms with Crippen molar-refractivity contribution in [2.24, 2.45) is 7.05 Å². The number of hydrogen-bond donors (Lipinski definition) is 1. The number of nitrogens with two attached hydrogens (primary N) is 1. The van der Waals surface area contributed by atoms with Crippen molar-refractivity contribution in [3.63, 3.8) is 0 Å². The fourth-order valence-corrected chi connectivity index (χ4v) is 1.70. The van der Waals surface area contributed by atoms with E-state index in [1.165, 1.54) is 0 Å². The van der Waals surface area contributed by atoms with Gasteiger partial charge in [0.2, 0.25) is 0 Å². The zero-order chi connectivity index (χ0) is 12.4. The Hall–Kier alpha value is -2.04. The van der Waals surface area contributed by atoms with Crippen LogP contribution >= 0.6 is 0 Å². The number of aryl methyl sites for hydroxylation is 2. The van der Waals surface area contributed by atoms with E-state index < -0.39 is 0 Å². The smallest absolute Gasteiger partial charge is 0.152 e. The van der Waals surface area contributed by atoms with Crippen LogP contribution in [0.2, 0.25) is 0 Å². The van der Waals surface area contributed by atoms with E-state index in [9.17, 15) is 0 Å². The fraction of sp³-hybridized carbons (Fsp3) is 0.333. The van der Waals surface area contributed by atoms with Gasteiger partial charge in [-0.3, -0.25) is 0 Å². The molecule has 17 heavy (non-hydrogen) atoms. The third-order valence-corrected chi connectivity index (χ3v) is 2.85. The third-order valence-electron chi connectivity index (χ3n) is 2.85. The average molecular weight is 231 g/mol. The van der Waals surface area contributed by atoms with Gasteiger partial charge in [-0.15, -0.1) is 0 Å². The molecule has 0 aliphatic rings. The van der Waals surface area contributed by atoms with Gasteiger partial charge in [0, 0.05) is 32.7 Å². The van der Waals surface area contributed by atoms with Crippen molar-refractivity contribution < 1.29 is 0 Å². The van der Waals surface area contributed by atoms with E-state index >= 15 is 0 Å². The van der Waals surface area contributed by atoms with Crippen LogP contribution < -0.4 is 10.6 Å². The molecule has 2 rings (SSSR count). The van der Waals surface area contributed by atoms with E-state index in [1.54, 1.807) is 12.4 Å². The highest BCUT2D eigenvalue weighted by Crippen LogP contribution is 2.22. The maximum absolute atomic E-state index is 6.02. The minimum Gasteiger partial charge on any atom is -0.396 e. The highest BCUT2D eigenvalue weighted by molar-refractivity contribution is 5.65. The Bertz CT molecular complexity index is 517.